The largest absolute Gasteiger partial charge is 0.450 e. The van der Waals surface area contributed by atoms with Crippen molar-refractivity contribution in [1.29, 1.82) is 0 Å². The summed E-state index contributed by atoms with van der Waals surface area (Å²) in [5, 5.41) is 11.0. The van der Waals surface area contributed by atoms with Crippen LogP contribution >= 0.6 is 23.2 Å². The van der Waals surface area contributed by atoms with Crippen LogP contribution in [0.2, 0.25) is 10.0 Å². The Bertz CT molecular complexity index is 587. The van der Waals surface area contributed by atoms with Crippen LogP contribution in [0.5, 0.6) is 11.5 Å². The van der Waals surface area contributed by atoms with Crippen molar-refractivity contribution < 1.29 is 9.66 Å². The average molecular weight is 284 g/mol. The molecule has 0 atom stereocenters. The van der Waals surface area contributed by atoms with Gasteiger partial charge in [-0.3, -0.25) is 10.1 Å². The van der Waals surface area contributed by atoms with Crippen LogP contribution in [0.15, 0.2) is 42.5 Å². The van der Waals surface area contributed by atoms with E-state index in [0.29, 0.717) is 5.75 Å². The van der Waals surface area contributed by atoms with E-state index in [1.54, 1.807) is 24.3 Å². The van der Waals surface area contributed by atoms with E-state index < -0.39 is 4.92 Å². The second-order valence-corrected chi connectivity index (χ2v) is 4.17. The predicted molar refractivity (Wildman–Crippen MR) is 69.6 cm³/mol. The Morgan fingerprint density at radius 1 is 1.06 bits per heavy atom. The lowest BCUT2D eigenvalue weighted by Crippen LogP contribution is -1.94. The molecular weight excluding hydrogens is 277 g/mol. The molecule has 0 heterocycles. The molecule has 92 valence electrons. The van der Waals surface area contributed by atoms with Crippen LogP contribution in [-0.4, -0.2) is 4.92 Å². The van der Waals surface area contributed by atoms with Gasteiger partial charge in [0.05, 0.1) is 9.95 Å². The van der Waals surface area contributed by atoms with Crippen molar-refractivity contribution >= 4 is 28.9 Å². The molecule has 0 saturated heterocycles. The van der Waals surface area contributed by atoms with Gasteiger partial charge in [0.1, 0.15) is 10.8 Å². The molecule has 0 aromatic heterocycles. The quantitative estimate of drug-likeness (QED) is 0.606. The summed E-state index contributed by atoms with van der Waals surface area (Å²) in [7, 11) is 0. The first kappa shape index (κ1) is 12.7. The first-order valence-corrected chi connectivity index (χ1v) is 5.70. The van der Waals surface area contributed by atoms with E-state index in [4.69, 9.17) is 27.9 Å². The third-order valence-corrected chi connectivity index (χ3v) is 2.98. The summed E-state index contributed by atoms with van der Waals surface area (Å²) < 4.78 is 5.42. The number of ether oxygens (including phenoxy) is 1. The third kappa shape index (κ3) is 2.55. The summed E-state index contributed by atoms with van der Waals surface area (Å²) in [6.07, 6.45) is 0. The van der Waals surface area contributed by atoms with Crippen molar-refractivity contribution in [2.45, 2.75) is 0 Å². The standard InChI is InChI=1S/C12H7Cl2NO3/c13-9-6-7-10(12(11(9)14)15(16)17)18-8-4-2-1-3-5-8/h1-7H. The Morgan fingerprint density at radius 2 is 1.72 bits per heavy atom. The molecule has 0 spiro atoms. The molecule has 0 unspecified atom stereocenters. The molecule has 0 fully saturated rings. The van der Waals surface area contributed by atoms with E-state index in [1.807, 2.05) is 6.07 Å². The number of rotatable bonds is 3. The monoisotopic (exact) mass is 283 g/mol. The molecule has 2 rings (SSSR count). The van der Waals surface area contributed by atoms with E-state index >= 15 is 0 Å². The Balaban J connectivity index is 2.45. The van der Waals surface area contributed by atoms with Crippen molar-refractivity contribution in [3.05, 3.63) is 62.6 Å². The number of benzene rings is 2. The second kappa shape index (κ2) is 5.25. The molecule has 0 aliphatic carbocycles. The first-order valence-electron chi connectivity index (χ1n) is 4.95. The van der Waals surface area contributed by atoms with E-state index in [-0.39, 0.29) is 21.5 Å². The van der Waals surface area contributed by atoms with Gasteiger partial charge in [-0.25, -0.2) is 0 Å². The molecule has 0 N–H and O–H groups in total. The zero-order valence-electron chi connectivity index (χ0n) is 8.97. The first-order chi connectivity index (χ1) is 8.59. The highest BCUT2D eigenvalue weighted by Crippen LogP contribution is 2.41. The minimum Gasteiger partial charge on any atom is -0.450 e. The fourth-order valence-corrected chi connectivity index (χ4v) is 1.77. The van der Waals surface area contributed by atoms with Gasteiger partial charge in [-0.15, -0.1) is 0 Å². The summed E-state index contributed by atoms with van der Waals surface area (Å²) in [6, 6.07) is 11.6. The molecule has 0 radical (unpaired) electrons. The zero-order valence-corrected chi connectivity index (χ0v) is 10.5. The number of nitro groups is 1. The summed E-state index contributed by atoms with van der Waals surface area (Å²) in [5.41, 5.74) is -0.340. The fraction of sp³-hybridized carbons (Fsp3) is 0. The number of nitrogens with zero attached hydrogens (tertiary/aromatic N) is 1. The van der Waals surface area contributed by atoms with Crippen molar-refractivity contribution in [3.63, 3.8) is 0 Å². The molecule has 0 aliphatic heterocycles. The predicted octanol–water partition coefficient (Wildman–Crippen LogP) is 4.69. The Morgan fingerprint density at radius 3 is 2.33 bits per heavy atom. The van der Waals surface area contributed by atoms with Gasteiger partial charge < -0.3 is 4.74 Å². The van der Waals surface area contributed by atoms with Gasteiger partial charge in [-0.2, -0.15) is 0 Å². The van der Waals surface area contributed by atoms with Gasteiger partial charge in [-0.05, 0) is 24.3 Å². The van der Waals surface area contributed by atoms with E-state index in [9.17, 15) is 10.1 Å². The van der Waals surface area contributed by atoms with Crippen molar-refractivity contribution in [3.8, 4) is 11.5 Å². The summed E-state index contributed by atoms with van der Waals surface area (Å²) in [4.78, 5) is 10.3. The maximum Gasteiger partial charge on any atom is 0.331 e. The molecule has 6 heteroatoms. The van der Waals surface area contributed by atoms with Crippen LogP contribution in [0.4, 0.5) is 5.69 Å². The molecule has 0 bridgehead atoms. The molecule has 0 amide bonds. The van der Waals surface area contributed by atoms with Crippen LogP contribution in [0.25, 0.3) is 0 Å². The highest BCUT2D eigenvalue weighted by atomic mass is 35.5. The van der Waals surface area contributed by atoms with Crippen molar-refractivity contribution in [1.82, 2.24) is 0 Å². The van der Waals surface area contributed by atoms with Crippen LogP contribution in [0.1, 0.15) is 0 Å². The topological polar surface area (TPSA) is 52.4 Å². The lowest BCUT2D eigenvalue weighted by Gasteiger charge is -2.07. The molecule has 18 heavy (non-hydrogen) atoms. The maximum atomic E-state index is 11.0. The van der Waals surface area contributed by atoms with Gasteiger partial charge in [0.15, 0.2) is 0 Å². The highest BCUT2D eigenvalue weighted by molar-refractivity contribution is 6.43. The lowest BCUT2D eigenvalue weighted by molar-refractivity contribution is -0.385. The van der Waals surface area contributed by atoms with Gasteiger partial charge in [0.2, 0.25) is 5.75 Å². The van der Waals surface area contributed by atoms with Gasteiger partial charge in [0.25, 0.3) is 0 Å². The van der Waals surface area contributed by atoms with Crippen LogP contribution in [0.3, 0.4) is 0 Å². The zero-order chi connectivity index (χ0) is 13.1. The lowest BCUT2D eigenvalue weighted by atomic mass is 10.3. The molecule has 2 aromatic carbocycles. The second-order valence-electron chi connectivity index (χ2n) is 3.38. The van der Waals surface area contributed by atoms with Gasteiger partial charge >= 0.3 is 5.69 Å². The fourth-order valence-electron chi connectivity index (χ4n) is 1.39. The van der Waals surface area contributed by atoms with Crippen LogP contribution < -0.4 is 4.74 Å². The number of nitro benzene ring substituents is 1. The Kier molecular flexibility index (Phi) is 3.69. The molecule has 2 aromatic rings. The van der Waals surface area contributed by atoms with Gasteiger partial charge in [0, 0.05) is 0 Å². The molecular formula is C12H7Cl2NO3. The third-order valence-electron chi connectivity index (χ3n) is 2.19. The van der Waals surface area contributed by atoms with E-state index in [2.05, 4.69) is 0 Å². The molecule has 4 nitrogen and oxygen atoms in total. The number of hydrogen-bond donors (Lipinski definition) is 0. The summed E-state index contributed by atoms with van der Waals surface area (Å²) in [6.45, 7) is 0. The normalized spacial score (nSPS) is 10.1. The Hall–Kier alpha value is -1.78. The minimum absolute atomic E-state index is 0.0561. The number of para-hydroxylation sites is 1. The van der Waals surface area contributed by atoms with E-state index in [0.717, 1.165) is 0 Å². The SMILES string of the molecule is O=[N+]([O-])c1c(Oc2ccccc2)ccc(Cl)c1Cl. The van der Waals surface area contributed by atoms with Crippen molar-refractivity contribution in [2.24, 2.45) is 0 Å². The minimum atomic E-state index is -0.619. The molecule has 0 aliphatic rings. The van der Waals surface area contributed by atoms with E-state index in [1.165, 1.54) is 12.1 Å². The van der Waals surface area contributed by atoms with Crippen LogP contribution in [0, 0.1) is 10.1 Å². The van der Waals surface area contributed by atoms with Gasteiger partial charge in [-0.1, -0.05) is 41.4 Å². The summed E-state index contributed by atoms with van der Waals surface area (Å²) >= 11 is 11.5. The average Bonchev–Trinajstić information content (AvgIpc) is 2.35. The van der Waals surface area contributed by atoms with Crippen molar-refractivity contribution in [2.75, 3.05) is 0 Å². The summed E-state index contributed by atoms with van der Waals surface area (Å²) in [5.74, 6) is 0.541. The highest BCUT2D eigenvalue weighted by Gasteiger charge is 2.23. The maximum absolute atomic E-state index is 11.0. The van der Waals surface area contributed by atoms with Crippen LogP contribution in [-0.2, 0) is 0 Å². The molecule has 0 saturated carbocycles. The number of hydrogen-bond acceptors (Lipinski definition) is 3. The smallest absolute Gasteiger partial charge is 0.331 e. The number of halogens is 2. The Labute approximate surface area is 113 Å².